The topological polar surface area (TPSA) is 80.7 Å². The van der Waals surface area contributed by atoms with Crippen LogP contribution >= 0.6 is 0 Å². The molecule has 2 fully saturated rings. The zero-order chi connectivity index (χ0) is 26.4. The number of hydrazine groups is 1. The third kappa shape index (κ3) is 4.95. The van der Waals surface area contributed by atoms with Gasteiger partial charge in [0.15, 0.2) is 0 Å². The van der Waals surface area contributed by atoms with Crippen molar-refractivity contribution >= 4 is 35.0 Å². The number of likely N-dealkylation sites (tertiary alicyclic amines) is 1. The van der Waals surface area contributed by atoms with Gasteiger partial charge in [0.05, 0.1) is 11.4 Å². The van der Waals surface area contributed by atoms with E-state index in [2.05, 4.69) is 33.5 Å². The predicted octanol–water partition coefficient (Wildman–Crippen LogP) is 4.22. The molecule has 37 heavy (non-hydrogen) atoms. The van der Waals surface area contributed by atoms with Crippen molar-refractivity contribution in [1.82, 2.24) is 15.2 Å². The van der Waals surface area contributed by atoms with Crippen LogP contribution in [-0.4, -0.2) is 66.7 Å². The van der Waals surface area contributed by atoms with Gasteiger partial charge >= 0.3 is 6.09 Å². The molecule has 0 aliphatic carbocycles. The highest BCUT2D eigenvalue weighted by Crippen LogP contribution is 2.48. The highest BCUT2D eigenvalue weighted by Gasteiger charge is 2.47. The van der Waals surface area contributed by atoms with Crippen molar-refractivity contribution in [3.8, 4) is 0 Å². The van der Waals surface area contributed by atoms with Gasteiger partial charge in [0, 0.05) is 44.7 Å². The summed E-state index contributed by atoms with van der Waals surface area (Å²) in [6.45, 7) is 9.75. The minimum absolute atomic E-state index is 0.0301. The first kappa shape index (κ1) is 24.9. The van der Waals surface area contributed by atoms with Crippen molar-refractivity contribution < 1.29 is 14.3 Å². The van der Waals surface area contributed by atoms with E-state index in [0.29, 0.717) is 26.3 Å². The number of nitrogens with one attached hydrogen (secondary N) is 1. The minimum atomic E-state index is -0.525. The lowest BCUT2D eigenvalue weighted by molar-refractivity contribution is -0.116. The van der Waals surface area contributed by atoms with Gasteiger partial charge in [-0.05, 0) is 69.5 Å². The van der Waals surface area contributed by atoms with Crippen LogP contribution in [0.15, 0.2) is 53.5 Å². The number of benzene rings is 2. The Hall–Kier alpha value is -3.75. The predicted molar refractivity (Wildman–Crippen MR) is 145 cm³/mol. The number of guanidine groups is 1. The Labute approximate surface area is 218 Å². The number of carbonyl (C=O) groups is 2. The van der Waals surface area contributed by atoms with Crippen molar-refractivity contribution in [2.24, 2.45) is 4.99 Å². The Bertz CT molecular complexity index is 1210. The second-order valence-electron chi connectivity index (χ2n) is 11.2. The molecule has 3 aliphatic rings. The van der Waals surface area contributed by atoms with Crippen molar-refractivity contribution in [1.29, 1.82) is 0 Å². The Morgan fingerprint density at radius 1 is 1.05 bits per heavy atom. The van der Waals surface area contributed by atoms with Gasteiger partial charge < -0.3 is 19.4 Å². The van der Waals surface area contributed by atoms with Crippen molar-refractivity contribution in [2.45, 2.75) is 51.6 Å². The van der Waals surface area contributed by atoms with Gasteiger partial charge in [-0.25, -0.2) is 9.79 Å². The number of aliphatic imine (C=N–C) groups is 1. The van der Waals surface area contributed by atoms with E-state index in [1.807, 2.05) is 63.1 Å². The largest absolute Gasteiger partial charge is 0.444 e. The summed E-state index contributed by atoms with van der Waals surface area (Å²) in [5, 5.41) is 2.05. The summed E-state index contributed by atoms with van der Waals surface area (Å²) < 4.78 is 5.59. The average molecular weight is 505 g/mol. The zero-order valence-electron chi connectivity index (χ0n) is 22.3. The highest BCUT2D eigenvalue weighted by atomic mass is 16.6. The van der Waals surface area contributed by atoms with Crippen molar-refractivity contribution in [3.05, 3.63) is 54.1 Å². The second kappa shape index (κ2) is 9.28. The summed E-state index contributed by atoms with van der Waals surface area (Å²) >= 11 is 0. The third-order valence-electron chi connectivity index (χ3n) is 7.31. The van der Waals surface area contributed by atoms with Crippen LogP contribution in [-0.2, 0) is 14.9 Å². The molecule has 3 aliphatic heterocycles. The van der Waals surface area contributed by atoms with Gasteiger partial charge in [0.1, 0.15) is 12.3 Å². The molecular formula is C28H36N6O3. The molecule has 9 nitrogen and oxygen atoms in total. The number of anilines is 2. The molecule has 5 rings (SSSR count). The lowest BCUT2D eigenvalue weighted by Crippen LogP contribution is -2.48. The number of nitrogens with zero attached hydrogens (tertiary/aromatic N) is 5. The molecule has 0 aromatic heterocycles. The first-order chi connectivity index (χ1) is 17.5. The number of piperidine rings is 1. The number of fused-ring (bicyclic) bond motifs is 2. The lowest BCUT2D eigenvalue weighted by atomic mass is 9.74. The Morgan fingerprint density at radius 3 is 2.41 bits per heavy atom. The molecule has 3 heterocycles. The maximum Gasteiger partial charge on any atom is 0.410 e. The molecule has 0 bridgehead atoms. The number of hydrogen-bond acceptors (Lipinski definition) is 5. The Kier molecular flexibility index (Phi) is 6.25. The minimum Gasteiger partial charge on any atom is -0.444 e. The summed E-state index contributed by atoms with van der Waals surface area (Å²) in [6.07, 6.45) is 1.26. The first-order valence-electron chi connectivity index (χ1n) is 12.8. The van der Waals surface area contributed by atoms with E-state index in [4.69, 9.17) is 9.73 Å². The summed E-state index contributed by atoms with van der Waals surface area (Å²) in [4.78, 5) is 35.8. The smallest absolute Gasteiger partial charge is 0.410 e. The Morgan fingerprint density at radius 2 is 1.76 bits per heavy atom. The van der Waals surface area contributed by atoms with E-state index in [1.165, 1.54) is 0 Å². The zero-order valence-corrected chi connectivity index (χ0v) is 22.3. The van der Waals surface area contributed by atoms with Gasteiger partial charge in [0.25, 0.3) is 0 Å². The fourth-order valence-corrected chi connectivity index (χ4v) is 5.39. The highest BCUT2D eigenvalue weighted by molar-refractivity contribution is 5.95. The first-order valence-corrected chi connectivity index (χ1v) is 12.8. The molecule has 0 radical (unpaired) electrons. The number of carbonyl (C=O) groups excluding carboxylic acids is 2. The summed E-state index contributed by atoms with van der Waals surface area (Å²) in [5.74, 6) is 0.793. The molecular weight excluding hydrogens is 468 g/mol. The Balaban J connectivity index is 1.39. The second-order valence-corrected chi connectivity index (χ2v) is 11.2. The molecule has 0 saturated carbocycles. The van der Waals surface area contributed by atoms with Crippen LogP contribution in [0.5, 0.6) is 0 Å². The van der Waals surface area contributed by atoms with Gasteiger partial charge in [-0.1, -0.05) is 18.2 Å². The summed E-state index contributed by atoms with van der Waals surface area (Å²) in [6, 6.07) is 16.2. The molecule has 0 unspecified atom stereocenters. The van der Waals surface area contributed by atoms with E-state index < -0.39 is 5.60 Å². The molecule has 9 heteroatoms. The fraction of sp³-hybridized carbons (Fsp3) is 0.464. The van der Waals surface area contributed by atoms with Crippen LogP contribution in [0, 0.1) is 0 Å². The van der Waals surface area contributed by atoms with E-state index >= 15 is 0 Å². The van der Waals surface area contributed by atoms with Gasteiger partial charge in [0.2, 0.25) is 11.9 Å². The van der Waals surface area contributed by atoms with Gasteiger partial charge in [-0.3, -0.25) is 15.2 Å². The molecule has 2 saturated heterocycles. The standard InChI is InChI=1S/C28H36N6O3/c1-20(35)33-18-28(13-15-32(16-14-28)26(36)37-27(2,3)4)23-17-21(11-12-24(23)33)29-25-30-34(19-31(25)5)22-9-7-6-8-10-22/h6-12,17H,13-16,18-19H2,1-5H3,(H,29,30). The number of amides is 2. The number of ether oxygens (including phenoxy) is 1. The summed E-state index contributed by atoms with van der Waals surface area (Å²) in [7, 11) is 2.01. The number of rotatable bonds is 2. The van der Waals surface area contributed by atoms with Crippen LogP contribution in [0.2, 0.25) is 0 Å². The maximum absolute atomic E-state index is 12.6. The molecule has 0 atom stereocenters. The van der Waals surface area contributed by atoms with E-state index in [1.54, 1.807) is 11.8 Å². The van der Waals surface area contributed by atoms with E-state index in [0.717, 1.165) is 41.4 Å². The molecule has 2 amide bonds. The van der Waals surface area contributed by atoms with Gasteiger partial charge in [-0.2, -0.15) is 0 Å². The normalized spacial score (nSPS) is 19.9. The van der Waals surface area contributed by atoms with Gasteiger partial charge in [-0.15, -0.1) is 0 Å². The van der Waals surface area contributed by atoms with Crippen LogP contribution in [0.25, 0.3) is 0 Å². The van der Waals surface area contributed by atoms with Crippen LogP contribution in [0.1, 0.15) is 46.1 Å². The SMILES string of the molecule is CC(=O)N1CC2(CCN(C(=O)OC(C)(C)C)CC2)c2cc(N=C3NN(c4ccccc4)CN3C)ccc21. The monoisotopic (exact) mass is 504 g/mol. The van der Waals surface area contributed by atoms with Crippen molar-refractivity contribution in [2.75, 3.05) is 43.3 Å². The fourth-order valence-electron chi connectivity index (χ4n) is 5.39. The van der Waals surface area contributed by atoms with Crippen LogP contribution in [0.4, 0.5) is 21.9 Å². The molecule has 196 valence electrons. The maximum atomic E-state index is 12.6. The summed E-state index contributed by atoms with van der Waals surface area (Å²) in [5.41, 5.74) is 6.65. The average Bonchev–Trinajstić information content (AvgIpc) is 3.37. The number of para-hydroxylation sites is 1. The molecule has 2 aromatic carbocycles. The molecule has 2 aromatic rings. The lowest BCUT2D eigenvalue weighted by Gasteiger charge is -2.40. The molecule has 1 spiro atoms. The number of hydrogen-bond donors (Lipinski definition) is 1. The van der Waals surface area contributed by atoms with E-state index in [-0.39, 0.29) is 17.4 Å². The van der Waals surface area contributed by atoms with Crippen molar-refractivity contribution in [3.63, 3.8) is 0 Å². The van der Waals surface area contributed by atoms with E-state index in [9.17, 15) is 9.59 Å². The molecule has 1 N–H and O–H groups in total. The van der Waals surface area contributed by atoms with Crippen LogP contribution in [0.3, 0.4) is 0 Å². The quantitative estimate of drug-likeness (QED) is 0.660. The van der Waals surface area contributed by atoms with Crippen LogP contribution < -0.4 is 15.3 Å². The third-order valence-corrected chi connectivity index (χ3v) is 7.31.